The molecule has 0 saturated heterocycles. The molecule has 2 aromatic heterocycles. The summed E-state index contributed by atoms with van der Waals surface area (Å²) in [4.78, 5) is 9.17. The third-order valence-corrected chi connectivity index (χ3v) is 15.2. The molecule has 6 rings (SSSR count). The summed E-state index contributed by atoms with van der Waals surface area (Å²) < 4.78 is 10.1. The Hall–Kier alpha value is -2.67. The van der Waals surface area contributed by atoms with Gasteiger partial charge in [0.05, 0.1) is 0 Å². The molecule has 172 valence electrons. The summed E-state index contributed by atoms with van der Waals surface area (Å²) in [5.74, 6) is 1.25. The van der Waals surface area contributed by atoms with Gasteiger partial charge >= 0.3 is 230 Å². The van der Waals surface area contributed by atoms with Crippen molar-refractivity contribution in [1.29, 1.82) is 0 Å². The number of fused-ring (bicyclic) bond motifs is 3. The molecule has 0 amide bonds. The molecule has 1 aliphatic heterocycles. The van der Waals surface area contributed by atoms with Gasteiger partial charge in [0.25, 0.3) is 0 Å². The number of pyridine rings is 2. The van der Waals surface area contributed by atoms with Gasteiger partial charge in [0.2, 0.25) is 0 Å². The van der Waals surface area contributed by atoms with E-state index in [2.05, 4.69) is 78.6 Å². The molecule has 0 saturated carbocycles. The van der Waals surface area contributed by atoms with Crippen molar-refractivity contribution in [2.75, 3.05) is 0 Å². The second kappa shape index (κ2) is 10.1. The fraction of sp³-hybridized carbons (Fsp3) is 0.0667. The number of hydrogen-bond donors (Lipinski definition) is 0. The summed E-state index contributed by atoms with van der Waals surface area (Å²) in [6.07, 6.45) is 3.68. The van der Waals surface area contributed by atoms with Gasteiger partial charge < -0.3 is 0 Å². The van der Waals surface area contributed by atoms with Crippen LogP contribution in [0.5, 0.6) is 11.6 Å². The van der Waals surface area contributed by atoms with E-state index in [9.17, 15) is 0 Å². The maximum atomic E-state index is 6.04. The van der Waals surface area contributed by atoms with Crippen molar-refractivity contribution < 1.29 is 25.8 Å². The van der Waals surface area contributed by atoms with Gasteiger partial charge in [0, 0.05) is 0 Å². The van der Waals surface area contributed by atoms with Gasteiger partial charge in [-0.25, -0.2) is 0 Å². The van der Waals surface area contributed by atoms with Crippen LogP contribution in [0.1, 0.15) is 11.1 Å². The molecule has 35 heavy (non-hydrogen) atoms. The molecule has 3 heterocycles. The van der Waals surface area contributed by atoms with Gasteiger partial charge in [0.15, 0.2) is 0 Å². The van der Waals surface area contributed by atoms with Crippen LogP contribution in [0, 0.1) is 26.0 Å². The number of benzene rings is 3. The van der Waals surface area contributed by atoms with Crippen molar-refractivity contribution in [2.24, 2.45) is 0 Å². The molecule has 0 bridgehead atoms. The van der Waals surface area contributed by atoms with Gasteiger partial charge in [-0.2, -0.15) is 0 Å². The van der Waals surface area contributed by atoms with E-state index in [4.69, 9.17) is 9.72 Å². The van der Waals surface area contributed by atoms with Crippen molar-refractivity contribution in [1.82, 2.24) is 9.97 Å². The van der Waals surface area contributed by atoms with Gasteiger partial charge in [-0.3, -0.25) is 0 Å². The van der Waals surface area contributed by atoms with E-state index in [0.717, 1.165) is 16.7 Å². The molecule has 3 aromatic carbocycles. The summed E-state index contributed by atoms with van der Waals surface area (Å²) in [6, 6.07) is 34.6. The van der Waals surface area contributed by atoms with Crippen LogP contribution in [-0.2, 0) is 21.1 Å². The Bertz CT molecular complexity index is 1530. The Morgan fingerprint density at radius 1 is 0.743 bits per heavy atom. The molecule has 0 aliphatic carbocycles. The molecule has 0 radical (unpaired) electrons. The van der Waals surface area contributed by atoms with Crippen molar-refractivity contribution in [3.05, 3.63) is 115 Å². The summed E-state index contributed by atoms with van der Waals surface area (Å²) in [5, 5.41) is 0. The zero-order valence-corrected chi connectivity index (χ0v) is 25.0. The topological polar surface area (TPSA) is 35.0 Å². The average Bonchev–Trinajstić information content (AvgIpc) is 3.19. The zero-order valence-electron chi connectivity index (χ0n) is 19.2. The fourth-order valence-corrected chi connectivity index (χ4v) is 14.3. The Labute approximate surface area is 228 Å². The molecule has 0 atom stereocenters. The van der Waals surface area contributed by atoms with E-state index in [1.54, 1.807) is 6.20 Å². The minimum atomic E-state index is -2.54. The molecule has 0 N–H and O–H groups in total. The van der Waals surface area contributed by atoms with E-state index in [1.807, 2.05) is 37.4 Å². The van der Waals surface area contributed by atoms with Crippen LogP contribution in [0.25, 0.3) is 22.3 Å². The van der Waals surface area contributed by atoms with E-state index in [0.29, 0.717) is 11.6 Å². The van der Waals surface area contributed by atoms with Gasteiger partial charge in [-0.15, -0.1) is 0 Å². The van der Waals surface area contributed by atoms with Crippen LogP contribution in [0.15, 0.2) is 91.3 Å². The number of aromatic nitrogens is 2. The first-order chi connectivity index (χ1) is 16.7. The number of rotatable bonds is 4. The first-order valence-corrected chi connectivity index (χ1v) is 16.4. The molecule has 0 spiro atoms. The quantitative estimate of drug-likeness (QED) is 0.192. The largest absolute Gasteiger partial charge is 2.00 e. The normalized spacial score (nSPS) is 11.9. The fourth-order valence-electron chi connectivity index (χ4n) is 4.28. The maximum Gasteiger partial charge on any atom is 2.00 e. The van der Waals surface area contributed by atoms with Crippen LogP contribution in [0.2, 0.25) is 0 Å². The average molecular weight is 830 g/mol. The third-order valence-electron chi connectivity index (χ3n) is 5.94. The molecule has 5 heteroatoms. The van der Waals surface area contributed by atoms with Gasteiger partial charge in [-0.1, -0.05) is 0 Å². The molecule has 0 unspecified atom stereocenters. The minimum absolute atomic E-state index is 0. The summed E-state index contributed by atoms with van der Waals surface area (Å²) >= 11 is -2.54. The first-order valence-electron chi connectivity index (χ1n) is 11.2. The van der Waals surface area contributed by atoms with Crippen LogP contribution >= 0.6 is 0 Å². The summed E-state index contributed by atoms with van der Waals surface area (Å²) in [7, 11) is 0. The van der Waals surface area contributed by atoms with E-state index in [-0.39, 0.29) is 21.1 Å². The monoisotopic (exact) mass is 829 g/mol. The number of hydrogen-bond acceptors (Lipinski definition) is 3. The molecule has 1 aliphatic rings. The third kappa shape index (κ3) is 4.63. The van der Waals surface area contributed by atoms with Gasteiger partial charge in [-0.05, 0) is 0 Å². The second-order valence-corrected chi connectivity index (χ2v) is 16.3. The SMILES string of the molecule is Cc1ccn[c]([Bi]2[c]3[c-]c(-c4[c-]c(Oc5ncccc5C)ccc4)ccc3-c3cccc[c]32)c1.[Pt+2]. The predicted octanol–water partition coefficient (Wildman–Crippen LogP) is 4.65. The van der Waals surface area contributed by atoms with Crippen molar-refractivity contribution in [3.8, 4) is 33.9 Å². The molecule has 0 fully saturated rings. The maximum absolute atomic E-state index is 6.04. The Balaban J connectivity index is 0.00000253. The van der Waals surface area contributed by atoms with Crippen LogP contribution < -0.4 is 14.7 Å². The van der Waals surface area contributed by atoms with Crippen molar-refractivity contribution >= 4 is 31.7 Å². The van der Waals surface area contributed by atoms with Crippen LogP contribution in [0.3, 0.4) is 0 Å². The standard InChI is InChI=1S/C24H15NO.C6H6N.Bi.Pt/c1-18-7-6-16-25-24(18)26-23-11-5-10-22(17-23)21-14-12-20(13-15-21)19-8-3-2-4-9-19;1-6-2-4-7-5-3-6;;/h2-8,10-12,14,16H,1H3;2-4H,1H3;;/q-2;;;+2. The smallest absolute Gasteiger partial charge is 2.00 e. The van der Waals surface area contributed by atoms with Crippen molar-refractivity contribution in [2.45, 2.75) is 13.8 Å². The first kappa shape index (κ1) is 24.0. The number of ether oxygens (including phenoxy) is 1. The summed E-state index contributed by atoms with van der Waals surface area (Å²) in [6.45, 7) is 4.13. The molecule has 3 nitrogen and oxygen atoms in total. The van der Waals surface area contributed by atoms with Crippen LogP contribution in [0.4, 0.5) is 0 Å². The predicted molar refractivity (Wildman–Crippen MR) is 138 cm³/mol. The van der Waals surface area contributed by atoms with E-state index < -0.39 is 21.8 Å². The summed E-state index contributed by atoms with van der Waals surface area (Å²) in [5.41, 5.74) is 6.88. The molecule has 5 aromatic rings. The van der Waals surface area contributed by atoms with Crippen LogP contribution in [-0.4, -0.2) is 31.7 Å². The Morgan fingerprint density at radius 2 is 1.60 bits per heavy atom. The molecular formula is C30H21BiN2OPt. The molecular weight excluding hydrogens is 808 g/mol. The second-order valence-electron chi connectivity index (χ2n) is 8.33. The zero-order chi connectivity index (χ0) is 23.1. The van der Waals surface area contributed by atoms with Crippen molar-refractivity contribution in [3.63, 3.8) is 0 Å². The van der Waals surface area contributed by atoms with E-state index in [1.165, 1.54) is 26.6 Å². The minimum Gasteiger partial charge on any atom is 2.00 e. The van der Waals surface area contributed by atoms with Gasteiger partial charge in [0.1, 0.15) is 0 Å². The van der Waals surface area contributed by atoms with E-state index >= 15 is 0 Å². The Morgan fingerprint density at radius 3 is 2.46 bits per heavy atom. The number of nitrogens with zero attached hydrogens (tertiary/aromatic N) is 2. The number of aryl methyl sites for hydroxylation is 2. The Kier molecular flexibility index (Phi) is 6.96.